The van der Waals surface area contributed by atoms with Crippen molar-refractivity contribution in [2.24, 2.45) is 0 Å². The van der Waals surface area contributed by atoms with Crippen molar-refractivity contribution in [2.75, 3.05) is 20.3 Å². The molecular formula is C16H26N2OS. The lowest BCUT2D eigenvalue weighted by Gasteiger charge is -2.31. The van der Waals surface area contributed by atoms with Gasteiger partial charge in [0.25, 0.3) is 0 Å². The smallest absolute Gasteiger partial charge is 0.0480 e. The maximum atomic E-state index is 5.46. The zero-order chi connectivity index (χ0) is 13.9. The van der Waals surface area contributed by atoms with Gasteiger partial charge >= 0.3 is 0 Å². The molecule has 0 amide bonds. The number of hydrogen-bond donors (Lipinski definition) is 1. The van der Waals surface area contributed by atoms with Crippen LogP contribution in [0.15, 0.2) is 6.07 Å². The van der Waals surface area contributed by atoms with Crippen LogP contribution in [-0.4, -0.2) is 37.2 Å². The van der Waals surface area contributed by atoms with Crippen LogP contribution in [0.3, 0.4) is 0 Å². The predicted octanol–water partition coefficient (Wildman–Crippen LogP) is 2.92. The first kappa shape index (κ1) is 14.5. The van der Waals surface area contributed by atoms with Crippen molar-refractivity contribution < 1.29 is 4.74 Å². The summed E-state index contributed by atoms with van der Waals surface area (Å²) in [6.45, 7) is 6.24. The predicted molar refractivity (Wildman–Crippen MR) is 84.2 cm³/mol. The summed E-state index contributed by atoms with van der Waals surface area (Å²) < 4.78 is 5.46. The third-order valence-corrected chi connectivity index (χ3v) is 5.54. The van der Waals surface area contributed by atoms with Crippen molar-refractivity contribution in [3.8, 4) is 0 Å². The van der Waals surface area contributed by atoms with Crippen molar-refractivity contribution in [1.82, 2.24) is 10.2 Å². The number of nitrogens with zero attached hydrogens (tertiary/aromatic N) is 1. The summed E-state index contributed by atoms with van der Waals surface area (Å²) in [5, 5.41) is 3.61. The van der Waals surface area contributed by atoms with E-state index in [1.54, 1.807) is 0 Å². The van der Waals surface area contributed by atoms with E-state index in [0.29, 0.717) is 6.04 Å². The Kier molecular flexibility index (Phi) is 4.76. The second-order valence-electron chi connectivity index (χ2n) is 6.21. The van der Waals surface area contributed by atoms with Gasteiger partial charge in [0.2, 0.25) is 0 Å². The molecule has 3 nitrogen and oxygen atoms in total. The topological polar surface area (TPSA) is 24.5 Å². The molecule has 2 aliphatic rings. The Hall–Kier alpha value is -0.420. The van der Waals surface area contributed by atoms with Crippen molar-refractivity contribution in [1.29, 1.82) is 0 Å². The van der Waals surface area contributed by atoms with Gasteiger partial charge in [0.15, 0.2) is 0 Å². The molecule has 1 saturated carbocycles. The monoisotopic (exact) mass is 294 g/mol. The molecular weight excluding hydrogens is 268 g/mol. The molecule has 20 heavy (non-hydrogen) atoms. The molecule has 1 saturated heterocycles. The van der Waals surface area contributed by atoms with Crippen molar-refractivity contribution in [3.05, 3.63) is 21.4 Å². The van der Waals surface area contributed by atoms with Gasteiger partial charge in [-0.15, -0.1) is 11.3 Å². The SMILES string of the molecule is Cc1sc(CNC2CC2)cc1CN(C)C1CCOCC1. The van der Waals surface area contributed by atoms with Crippen LogP contribution in [0.1, 0.15) is 41.0 Å². The summed E-state index contributed by atoms with van der Waals surface area (Å²) in [6, 6.07) is 3.90. The van der Waals surface area contributed by atoms with E-state index in [4.69, 9.17) is 4.74 Å². The lowest BCUT2D eigenvalue weighted by Crippen LogP contribution is -2.36. The summed E-state index contributed by atoms with van der Waals surface area (Å²) in [7, 11) is 2.26. The van der Waals surface area contributed by atoms with Gasteiger partial charge in [0.1, 0.15) is 0 Å². The first-order chi connectivity index (χ1) is 9.72. The first-order valence-electron chi connectivity index (χ1n) is 7.82. The van der Waals surface area contributed by atoms with Gasteiger partial charge in [-0.2, -0.15) is 0 Å². The Balaban J connectivity index is 1.55. The molecule has 1 aliphatic carbocycles. The quantitative estimate of drug-likeness (QED) is 0.873. The third kappa shape index (κ3) is 3.82. The van der Waals surface area contributed by atoms with Gasteiger partial charge in [0.05, 0.1) is 0 Å². The van der Waals surface area contributed by atoms with Crippen LogP contribution in [-0.2, 0) is 17.8 Å². The zero-order valence-corrected chi connectivity index (χ0v) is 13.5. The standard InChI is InChI=1S/C16H26N2OS/c1-12-13(9-16(20-12)10-17-14-3-4-14)11-18(2)15-5-7-19-8-6-15/h9,14-15,17H,3-8,10-11H2,1-2H3. The van der Waals surface area contributed by atoms with Gasteiger partial charge < -0.3 is 10.1 Å². The Morgan fingerprint density at radius 1 is 1.30 bits per heavy atom. The average Bonchev–Trinajstić information content (AvgIpc) is 3.23. The minimum atomic E-state index is 0.691. The minimum absolute atomic E-state index is 0.691. The van der Waals surface area contributed by atoms with Gasteiger partial charge in [-0.25, -0.2) is 0 Å². The molecule has 1 aromatic heterocycles. The molecule has 0 spiro atoms. The highest BCUT2D eigenvalue weighted by Gasteiger charge is 2.21. The number of aryl methyl sites for hydroxylation is 1. The van der Waals surface area contributed by atoms with E-state index in [1.165, 1.54) is 41.0 Å². The zero-order valence-electron chi connectivity index (χ0n) is 12.7. The fourth-order valence-electron chi connectivity index (χ4n) is 2.89. The average molecular weight is 294 g/mol. The van der Waals surface area contributed by atoms with Crippen molar-refractivity contribution in [3.63, 3.8) is 0 Å². The van der Waals surface area contributed by atoms with Gasteiger partial charge in [0, 0.05) is 48.1 Å². The fraction of sp³-hybridized carbons (Fsp3) is 0.750. The molecule has 2 fully saturated rings. The van der Waals surface area contributed by atoms with Crippen LogP contribution in [0, 0.1) is 6.92 Å². The Bertz CT molecular complexity index is 436. The van der Waals surface area contributed by atoms with Crippen LogP contribution in [0.2, 0.25) is 0 Å². The van der Waals surface area contributed by atoms with Crippen molar-refractivity contribution in [2.45, 2.75) is 57.8 Å². The molecule has 1 N–H and O–H groups in total. The van der Waals surface area contributed by atoms with E-state index in [0.717, 1.165) is 32.3 Å². The molecule has 3 rings (SSSR count). The molecule has 112 valence electrons. The summed E-state index contributed by atoms with van der Waals surface area (Å²) in [6.07, 6.45) is 5.08. The molecule has 0 bridgehead atoms. The largest absolute Gasteiger partial charge is 0.381 e. The highest BCUT2D eigenvalue weighted by Crippen LogP contribution is 2.26. The number of nitrogens with one attached hydrogen (secondary N) is 1. The number of ether oxygens (including phenoxy) is 1. The molecule has 0 aromatic carbocycles. The van der Waals surface area contributed by atoms with E-state index in [1.807, 2.05) is 11.3 Å². The highest BCUT2D eigenvalue weighted by molar-refractivity contribution is 7.12. The molecule has 0 unspecified atom stereocenters. The lowest BCUT2D eigenvalue weighted by molar-refractivity contribution is 0.0407. The fourth-order valence-corrected chi connectivity index (χ4v) is 3.89. The van der Waals surface area contributed by atoms with Crippen LogP contribution in [0.5, 0.6) is 0 Å². The number of thiophene rings is 1. The summed E-state index contributed by atoms with van der Waals surface area (Å²) in [4.78, 5) is 5.48. The van der Waals surface area contributed by atoms with Gasteiger partial charge in [-0.3, -0.25) is 4.90 Å². The Morgan fingerprint density at radius 2 is 2.05 bits per heavy atom. The van der Waals surface area contributed by atoms with Crippen LogP contribution < -0.4 is 5.32 Å². The molecule has 2 heterocycles. The summed E-state index contributed by atoms with van der Waals surface area (Å²) in [5.74, 6) is 0. The van der Waals surface area contributed by atoms with E-state index in [-0.39, 0.29) is 0 Å². The maximum Gasteiger partial charge on any atom is 0.0480 e. The highest BCUT2D eigenvalue weighted by atomic mass is 32.1. The van der Waals surface area contributed by atoms with Gasteiger partial charge in [-0.1, -0.05) is 0 Å². The third-order valence-electron chi connectivity index (χ3n) is 4.45. The van der Waals surface area contributed by atoms with Gasteiger partial charge in [-0.05, 0) is 51.3 Å². The Morgan fingerprint density at radius 3 is 2.75 bits per heavy atom. The second kappa shape index (κ2) is 6.56. The van der Waals surface area contributed by atoms with E-state index >= 15 is 0 Å². The second-order valence-corrected chi connectivity index (χ2v) is 7.55. The minimum Gasteiger partial charge on any atom is -0.381 e. The van der Waals surface area contributed by atoms with E-state index in [9.17, 15) is 0 Å². The Labute approximate surface area is 126 Å². The van der Waals surface area contributed by atoms with Crippen LogP contribution >= 0.6 is 11.3 Å². The molecule has 1 aromatic rings. The number of hydrogen-bond acceptors (Lipinski definition) is 4. The first-order valence-corrected chi connectivity index (χ1v) is 8.63. The van der Waals surface area contributed by atoms with E-state index < -0.39 is 0 Å². The van der Waals surface area contributed by atoms with Crippen molar-refractivity contribution >= 4 is 11.3 Å². The molecule has 0 radical (unpaired) electrons. The molecule has 4 heteroatoms. The van der Waals surface area contributed by atoms with Crippen LogP contribution in [0.25, 0.3) is 0 Å². The summed E-state index contributed by atoms with van der Waals surface area (Å²) in [5.41, 5.74) is 1.51. The number of rotatable bonds is 6. The molecule has 1 aliphatic heterocycles. The summed E-state index contributed by atoms with van der Waals surface area (Å²) >= 11 is 1.96. The normalized spacial score (nSPS) is 20.8. The molecule has 0 atom stereocenters. The van der Waals surface area contributed by atoms with Crippen LogP contribution in [0.4, 0.5) is 0 Å². The maximum absolute atomic E-state index is 5.46. The lowest BCUT2D eigenvalue weighted by atomic mass is 10.1. The van der Waals surface area contributed by atoms with E-state index in [2.05, 4.69) is 30.3 Å².